The number of halogens is 1. The van der Waals surface area contributed by atoms with Crippen molar-refractivity contribution < 1.29 is 23.8 Å². The van der Waals surface area contributed by atoms with Crippen molar-refractivity contribution in [1.29, 1.82) is 0 Å². The molecule has 1 unspecified atom stereocenters. The third kappa shape index (κ3) is 7.98. The van der Waals surface area contributed by atoms with E-state index in [2.05, 4.69) is 15.4 Å². The zero-order valence-electron chi connectivity index (χ0n) is 22.0. The van der Waals surface area contributed by atoms with Crippen molar-refractivity contribution in [3.05, 3.63) is 34.9 Å². The predicted octanol–water partition coefficient (Wildman–Crippen LogP) is 5.30. The smallest absolute Gasteiger partial charge is 0.410 e. The number of hydrogen-bond acceptors (Lipinski definition) is 6. The van der Waals surface area contributed by atoms with Gasteiger partial charge in [-0.15, -0.1) is 0 Å². The first-order chi connectivity index (χ1) is 18.0. The fraction of sp³-hybridized carbons (Fsp3) is 0.714. The maximum Gasteiger partial charge on any atom is 0.410 e. The van der Waals surface area contributed by atoms with Gasteiger partial charge in [0.2, 0.25) is 0 Å². The minimum absolute atomic E-state index is 0.0916. The molecule has 3 aliphatic rings. The second-order valence-corrected chi connectivity index (χ2v) is 11.2. The van der Waals surface area contributed by atoms with Crippen LogP contribution in [0.1, 0.15) is 69.5 Å². The van der Waals surface area contributed by atoms with Crippen LogP contribution in [-0.4, -0.2) is 69.1 Å². The fourth-order valence-electron chi connectivity index (χ4n) is 6.21. The Balaban J connectivity index is 1.40. The number of carbonyl (C=O) groups excluding carboxylic acids is 2. The number of benzene rings is 1. The highest BCUT2D eigenvalue weighted by atomic mass is 35.5. The molecule has 1 saturated carbocycles. The highest BCUT2D eigenvalue weighted by Crippen LogP contribution is 2.37. The van der Waals surface area contributed by atoms with Gasteiger partial charge in [0.25, 0.3) is 0 Å². The molecule has 0 aromatic heterocycles. The number of nitrogens with one attached hydrogen (secondary N) is 2. The van der Waals surface area contributed by atoms with Crippen molar-refractivity contribution >= 4 is 23.8 Å². The van der Waals surface area contributed by atoms with E-state index >= 15 is 0 Å². The molecule has 3 fully saturated rings. The minimum atomic E-state index is -0.488. The number of hydrogen-bond donors (Lipinski definition) is 2. The van der Waals surface area contributed by atoms with Gasteiger partial charge in [-0.25, -0.2) is 9.59 Å². The van der Waals surface area contributed by atoms with Crippen LogP contribution in [0.4, 0.5) is 9.59 Å². The van der Waals surface area contributed by atoms with Crippen LogP contribution in [0, 0.1) is 11.8 Å². The molecule has 9 heteroatoms. The zero-order chi connectivity index (χ0) is 26.1. The van der Waals surface area contributed by atoms with Crippen molar-refractivity contribution in [3.63, 3.8) is 0 Å². The monoisotopic (exact) mass is 535 g/mol. The third-order valence-electron chi connectivity index (χ3n) is 8.07. The van der Waals surface area contributed by atoms with Gasteiger partial charge in [-0.1, -0.05) is 55.8 Å². The molecule has 0 bridgehead atoms. The van der Waals surface area contributed by atoms with Gasteiger partial charge in [-0.05, 0) is 49.4 Å². The summed E-state index contributed by atoms with van der Waals surface area (Å²) in [4.78, 5) is 26.8. The summed E-state index contributed by atoms with van der Waals surface area (Å²) in [5.74, 6) is 0.739. The van der Waals surface area contributed by atoms with E-state index < -0.39 is 11.7 Å². The summed E-state index contributed by atoms with van der Waals surface area (Å²) in [6.45, 7) is 3.55. The van der Waals surface area contributed by atoms with Gasteiger partial charge in [0.1, 0.15) is 5.60 Å². The number of rotatable bonds is 9. The molecule has 3 atom stereocenters. The minimum Gasteiger partial charge on any atom is -0.453 e. The summed E-state index contributed by atoms with van der Waals surface area (Å²) in [6, 6.07) is 7.68. The number of carbonyl (C=O) groups is 2. The molecular weight excluding hydrogens is 494 g/mol. The molecule has 2 amide bonds. The van der Waals surface area contributed by atoms with E-state index in [9.17, 15) is 9.59 Å². The van der Waals surface area contributed by atoms with E-state index in [1.54, 1.807) is 0 Å². The molecule has 4 rings (SSSR count). The Kier molecular flexibility index (Phi) is 10.3. The lowest BCUT2D eigenvalue weighted by atomic mass is 9.80. The Morgan fingerprint density at radius 2 is 2.05 bits per heavy atom. The van der Waals surface area contributed by atoms with Crippen LogP contribution in [-0.2, 0) is 14.2 Å². The molecule has 1 aromatic rings. The van der Waals surface area contributed by atoms with E-state index in [0.29, 0.717) is 37.2 Å². The SMILES string of the molecule is COC(=O)NCCO[C@@H](c1cccc(Cl)c1)C1CCCN(C(=O)O[C@]2(CC3CCCCC3)CCNC2)C1. The molecule has 206 valence electrons. The van der Waals surface area contributed by atoms with E-state index in [-0.39, 0.29) is 18.1 Å². The van der Waals surface area contributed by atoms with Crippen LogP contribution in [0.15, 0.2) is 24.3 Å². The summed E-state index contributed by atoms with van der Waals surface area (Å²) in [6.07, 6.45) is 9.10. The van der Waals surface area contributed by atoms with Gasteiger partial charge < -0.3 is 29.7 Å². The van der Waals surface area contributed by atoms with E-state index in [1.807, 2.05) is 29.2 Å². The first kappa shape index (κ1) is 28.0. The number of nitrogens with zero attached hydrogens (tertiary/aromatic N) is 1. The van der Waals surface area contributed by atoms with Crippen molar-refractivity contribution in [1.82, 2.24) is 15.5 Å². The molecule has 2 saturated heterocycles. The normalized spacial score (nSPS) is 25.5. The molecule has 37 heavy (non-hydrogen) atoms. The van der Waals surface area contributed by atoms with Crippen molar-refractivity contribution in [2.75, 3.05) is 46.4 Å². The molecule has 0 spiro atoms. The van der Waals surface area contributed by atoms with E-state index in [4.69, 9.17) is 21.1 Å². The summed E-state index contributed by atoms with van der Waals surface area (Å²) < 4.78 is 17.3. The lowest BCUT2D eigenvalue weighted by Gasteiger charge is -2.39. The topological polar surface area (TPSA) is 89.1 Å². The number of likely N-dealkylation sites (tertiary alicyclic amines) is 1. The summed E-state index contributed by atoms with van der Waals surface area (Å²) >= 11 is 6.30. The summed E-state index contributed by atoms with van der Waals surface area (Å²) in [5, 5.41) is 6.74. The highest BCUT2D eigenvalue weighted by Gasteiger charge is 2.42. The number of piperidine rings is 1. The Morgan fingerprint density at radius 3 is 2.78 bits per heavy atom. The Bertz CT molecular complexity index is 888. The van der Waals surface area contributed by atoms with Crippen LogP contribution >= 0.6 is 11.6 Å². The van der Waals surface area contributed by atoms with E-state index in [1.165, 1.54) is 39.2 Å². The molecule has 8 nitrogen and oxygen atoms in total. The van der Waals surface area contributed by atoms with Crippen molar-refractivity contribution in [2.45, 2.75) is 69.5 Å². The number of amides is 2. The predicted molar refractivity (Wildman–Crippen MR) is 143 cm³/mol. The standard InChI is InChI=1S/C28H42ClN3O5/c1-35-26(33)31-14-16-36-25(22-9-5-11-24(29)17-22)23-10-6-15-32(19-23)27(34)37-28(12-13-30-20-28)18-21-7-3-2-4-8-21/h5,9,11,17,21,23,25,30H,2-4,6-8,10,12-16,18-20H2,1H3,(H,31,33)/t23?,25-,28-/m0/s1. The first-order valence-corrected chi connectivity index (χ1v) is 14.2. The van der Waals surface area contributed by atoms with E-state index in [0.717, 1.165) is 44.3 Å². The maximum absolute atomic E-state index is 13.5. The van der Waals surface area contributed by atoms with Crippen LogP contribution in [0.3, 0.4) is 0 Å². The molecule has 1 aromatic carbocycles. The molecule has 2 N–H and O–H groups in total. The van der Waals surface area contributed by atoms with Crippen LogP contribution < -0.4 is 10.6 Å². The first-order valence-electron chi connectivity index (χ1n) is 13.9. The Hall–Kier alpha value is -2.03. The molecule has 2 aliphatic heterocycles. The van der Waals surface area contributed by atoms with Crippen LogP contribution in [0.2, 0.25) is 5.02 Å². The number of methoxy groups -OCH3 is 1. The third-order valence-corrected chi connectivity index (χ3v) is 8.30. The Labute approximate surface area is 225 Å². The lowest BCUT2D eigenvalue weighted by molar-refractivity contribution is -0.0387. The average Bonchev–Trinajstić information content (AvgIpc) is 3.36. The van der Waals surface area contributed by atoms with Gasteiger partial charge in [-0.3, -0.25) is 0 Å². The molecular formula is C28H42ClN3O5. The quantitative estimate of drug-likeness (QED) is 0.417. The van der Waals surface area contributed by atoms with Gasteiger partial charge >= 0.3 is 12.2 Å². The molecule has 0 radical (unpaired) electrons. The largest absolute Gasteiger partial charge is 0.453 e. The van der Waals surface area contributed by atoms with Gasteiger partial charge in [-0.2, -0.15) is 0 Å². The molecule has 2 heterocycles. The fourth-order valence-corrected chi connectivity index (χ4v) is 6.41. The van der Waals surface area contributed by atoms with Crippen molar-refractivity contribution in [2.24, 2.45) is 11.8 Å². The van der Waals surface area contributed by atoms with Gasteiger partial charge in [0, 0.05) is 43.5 Å². The zero-order valence-corrected chi connectivity index (χ0v) is 22.8. The van der Waals surface area contributed by atoms with Gasteiger partial charge in [0.05, 0.1) is 19.8 Å². The number of alkyl carbamates (subject to hydrolysis) is 1. The Morgan fingerprint density at radius 1 is 1.22 bits per heavy atom. The maximum atomic E-state index is 13.5. The van der Waals surface area contributed by atoms with Crippen LogP contribution in [0.5, 0.6) is 0 Å². The summed E-state index contributed by atoms with van der Waals surface area (Å²) in [7, 11) is 1.33. The second kappa shape index (κ2) is 13.7. The number of ether oxygens (including phenoxy) is 3. The van der Waals surface area contributed by atoms with Crippen molar-refractivity contribution in [3.8, 4) is 0 Å². The van der Waals surface area contributed by atoms with Crippen LogP contribution in [0.25, 0.3) is 0 Å². The molecule has 1 aliphatic carbocycles. The average molecular weight is 536 g/mol. The second-order valence-electron chi connectivity index (χ2n) is 10.8. The van der Waals surface area contributed by atoms with Gasteiger partial charge in [0.15, 0.2) is 0 Å². The summed E-state index contributed by atoms with van der Waals surface area (Å²) in [5.41, 5.74) is 0.577. The highest BCUT2D eigenvalue weighted by molar-refractivity contribution is 6.30. The lowest BCUT2D eigenvalue weighted by Crippen LogP contribution is -2.48.